The highest BCUT2D eigenvalue weighted by atomic mass is 79.9. The van der Waals surface area contributed by atoms with E-state index in [0.29, 0.717) is 11.3 Å². The molecule has 2 nitrogen and oxygen atoms in total. The van der Waals surface area contributed by atoms with E-state index in [1.165, 1.54) is 18.3 Å². The van der Waals surface area contributed by atoms with Gasteiger partial charge in [-0.2, -0.15) is 0 Å². The SMILES string of the molecule is Oc1c(Cl)cc(Br)cc1C=Nc1ccc(F)cc1. The predicted molar refractivity (Wildman–Crippen MR) is 74.5 cm³/mol. The molecule has 0 aliphatic carbocycles. The maximum atomic E-state index is 12.7. The highest BCUT2D eigenvalue weighted by molar-refractivity contribution is 9.10. The zero-order chi connectivity index (χ0) is 13.1. The zero-order valence-corrected chi connectivity index (χ0v) is 11.4. The molecule has 0 saturated heterocycles. The molecule has 2 aromatic rings. The van der Waals surface area contributed by atoms with Gasteiger partial charge in [-0.3, -0.25) is 4.99 Å². The van der Waals surface area contributed by atoms with Crippen LogP contribution in [-0.4, -0.2) is 11.3 Å². The van der Waals surface area contributed by atoms with Crippen molar-refractivity contribution in [3.05, 3.63) is 57.3 Å². The number of hydrogen-bond donors (Lipinski definition) is 1. The predicted octanol–water partition coefficient (Wildman–Crippen LogP) is 4.70. The summed E-state index contributed by atoms with van der Waals surface area (Å²) in [6.07, 6.45) is 1.47. The average Bonchev–Trinajstić information content (AvgIpc) is 2.34. The van der Waals surface area contributed by atoms with Crippen molar-refractivity contribution in [3.8, 4) is 5.75 Å². The number of nitrogens with zero attached hydrogens (tertiary/aromatic N) is 1. The second kappa shape index (κ2) is 5.50. The molecule has 0 radical (unpaired) electrons. The minimum atomic E-state index is -0.317. The van der Waals surface area contributed by atoms with Gasteiger partial charge in [-0.1, -0.05) is 27.5 Å². The quantitative estimate of drug-likeness (QED) is 0.796. The molecule has 0 spiro atoms. The minimum absolute atomic E-state index is 0.0364. The monoisotopic (exact) mass is 327 g/mol. The molecule has 0 fully saturated rings. The number of rotatable bonds is 2. The van der Waals surface area contributed by atoms with Gasteiger partial charge in [0.1, 0.15) is 11.6 Å². The lowest BCUT2D eigenvalue weighted by atomic mass is 10.2. The van der Waals surface area contributed by atoms with Crippen LogP contribution in [-0.2, 0) is 0 Å². The summed E-state index contributed by atoms with van der Waals surface area (Å²) >= 11 is 9.11. The topological polar surface area (TPSA) is 32.6 Å². The first kappa shape index (κ1) is 13.1. The molecule has 2 rings (SSSR count). The molecular formula is C13H8BrClFNO. The first-order chi connectivity index (χ1) is 8.56. The molecule has 0 unspecified atom stereocenters. The molecule has 0 saturated carbocycles. The van der Waals surface area contributed by atoms with E-state index in [0.717, 1.165) is 4.47 Å². The number of hydrogen-bond acceptors (Lipinski definition) is 2. The van der Waals surface area contributed by atoms with Gasteiger partial charge in [0, 0.05) is 16.3 Å². The van der Waals surface area contributed by atoms with Crippen LogP contribution < -0.4 is 0 Å². The van der Waals surface area contributed by atoms with Crippen LogP contribution in [0.5, 0.6) is 5.75 Å². The summed E-state index contributed by atoms with van der Waals surface area (Å²) in [5, 5.41) is 9.98. The van der Waals surface area contributed by atoms with Crippen LogP contribution in [0.15, 0.2) is 45.9 Å². The number of halogens is 3. The van der Waals surface area contributed by atoms with Gasteiger partial charge < -0.3 is 5.11 Å². The van der Waals surface area contributed by atoms with Crippen LogP contribution >= 0.6 is 27.5 Å². The van der Waals surface area contributed by atoms with Crippen molar-refractivity contribution in [1.82, 2.24) is 0 Å². The molecule has 0 aromatic heterocycles. The number of benzene rings is 2. The van der Waals surface area contributed by atoms with E-state index in [-0.39, 0.29) is 16.6 Å². The Labute approximate surface area is 117 Å². The summed E-state index contributed by atoms with van der Waals surface area (Å²) in [5.74, 6) is -0.354. The number of phenolic OH excluding ortho intramolecular Hbond substituents is 1. The normalized spacial score (nSPS) is 11.1. The Kier molecular flexibility index (Phi) is 3.99. The van der Waals surface area contributed by atoms with Crippen LogP contribution in [0, 0.1) is 5.82 Å². The fraction of sp³-hybridized carbons (Fsp3) is 0. The summed E-state index contributed by atoms with van der Waals surface area (Å²) < 4.78 is 13.4. The van der Waals surface area contributed by atoms with Crippen LogP contribution in [0.4, 0.5) is 10.1 Å². The molecule has 18 heavy (non-hydrogen) atoms. The van der Waals surface area contributed by atoms with E-state index in [1.807, 2.05) is 0 Å². The molecule has 0 amide bonds. The Balaban J connectivity index is 2.31. The van der Waals surface area contributed by atoms with Crippen LogP contribution in [0.3, 0.4) is 0 Å². The smallest absolute Gasteiger partial charge is 0.143 e. The molecule has 1 N–H and O–H groups in total. The molecule has 0 bridgehead atoms. The van der Waals surface area contributed by atoms with Gasteiger partial charge in [0.15, 0.2) is 0 Å². The van der Waals surface area contributed by atoms with Gasteiger partial charge in [0.05, 0.1) is 10.7 Å². The van der Waals surface area contributed by atoms with E-state index in [2.05, 4.69) is 20.9 Å². The molecular weight excluding hydrogens is 321 g/mol. The largest absolute Gasteiger partial charge is 0.506 e. The van der Waals surface area contributed by atoms with Gasteiger partial charge in [-0.05, 0) is 36.4 Å². The first-order valence-electron chi connectivity index (χ1n) is 5.04. The van der Waals surface area contributed by atoms with Crippen molar-refractivity contribution in [2.45, 2.75) is 0 Å². The van der Waals surface area contributed by atoms with Crippen molar-refractivity contribution in [1.29, 1.82) is 0 Å². The third-order valence-corrected chi connectivity index (χ3v) is 2.98. The Morgan fingerprint density at radius 1 is 1.22 bits per heavy atom. The molecule has 92 valence electrons. The lowest BCUT2D eigenvalue weighted by Crippen LogP contribution is -1.84. The number of aliphatic imine (C=N–C) groups is 1. The van der Waals surface area contributed by atoms with Crippen LogP contribution in [0.1, 0.15) is 5.56 Å². The highest BCUT2D eigenvalue weighted by Crippen LogP contribution is 2.30. The summed E-state index contributed by atoms with van der Waals surface area (Å²) in [6, 6.07) is 9.01. The molecule has 5 heteroatoms. The third-order valence-electron chi connectivity index (χ3n) is 2.24. The Morgan fingerprint density at radius 2 is 1.89 bits per heavy atom. The lowest BCUT2D eigenvalue weighted by molar-refractivity contribution is 0.474. The minimum Gasteiger partial charge on any atom is -0.506 e. The summed E-state index contributed by atoms with van der Waals surface area (Å²) in [7, 11) is 0. The molecule has 2 aromatic carbocycles. The second-order valence-corrected chi connectivity index (χ2v) is 4.88. The summed E-state index contributed by atoms with van der Waals surface area (Å²) in [5.41, 5.74) is 1.07. The number of aromatic hydroxyl groups is 1. The molecule has 0 aliphatic heterocycles. The number of phenols is 1. The van der Waals surface area contributed by atoms with Crippen LogP contribution in [0.25, 0.3) is 0 Å². The van der Waals surface area contributed by atoms with Crippen molar-refractivity contribution in [2.75, 3.05) is 0 Å². The highest BCUT2D eigenvalue weighted by Gasteiger charge is 2.05. The van der Waals surface area contributed by atoms with Crippen LogP contribution in [0.2, 0.25) is 5.02 Å². The van der Waals surface area contributed by atoms with Gasteiger partial charge >= 0.3 is 0 Å². The van der Waals surface area contributed by atoms with E-state index < -0.39 is 0 Å². The van der Waals surface area contributed by atoms with Gasteiger partial charge in [-0.25, -0.2) is 4.39 Å². The van der Waals surface area contributed by atoms with Gasteiger partial charge in [0.25, 0.3) is 0 Å². The standard InChI is InChI=1S/C13H8BrClFNO/c14-9-5-8(13(18)12(15)6-9)7-17-11-3-1-10(16)2-4-11/h1-7,18H. The van der Waals surface area contributed by atoms with Gasteiger partial charge in [0.2, 0.25) is 0 Å². The fourth-order valence-corrected chi connectivity index (χ4v) is 2.19. The van der Waals surface area contributed by atoms with E-state index in [1.54, 1.807) is 24.3 Å². The molecule has 0 aliphatic rings. The average molecular weight is 329 g/mol. The second-order valence-electron chi connectivity index (χ2n) is 3.56. The first-order valence-corrected chi connectivity index (χ1v) is 6.21. The summed E-state index contributed by atoms with van der Waals surface area (Å²) in [6.45, 7) is 0. The zero-order valence-electron chi connectivity index (χ0n) is 9.07. The fourth-order valence-electron chi connectivity index (χ4n) is 1.36. The molecule has 0 heterocycles. The lowest BCUT2D eigenvalue weighted by Gasteiger charge is -2.02. The molecule has 0 atom stereocenters. The Morgan fingerprint density at radius 3 is 2.56 bits per heavy atom. The Bertz CT molecular complexity index is 599. The maximum absolute atomic E-state index is 12.7. The maximum Gasteiger partial charge on any atom is 0.143 e. The summed E-state index contributed by atoms with van der Waals surface area (Å²) in [4.78, 5) is 4.13. The van der Waals surface area contributed by atoms with Crippen molar-refractivity contribution in [2.24, 2.45) is 4.99 Å². The van der Waals surface area contributed by atoms with Gasteiger partial charge in [-0.15, -0.1) is 0 Å². The third kappa shape index (κ3) is 3.09. The van der Waals surface area contributed by atoms with E-state index in [9.17, 15) is 9.50 Å². The van der Waals surface area contributed by atoms with E-state index in [4.69, 9.17) is 11.6 Å². The van der Waals surface area contributed by atoms with Crippen molar-refractivity contribution in [3.63, 3.8) is 0 Å². The van der Waals surface area contributed by atoms with Crippen molar-refractivity contribution < 1.29 is 9.50 Å². The van der Waals surface area contributed by atoms with Crippen molar-refractivity contribution >= 4 is 39.4 Å². The Hall–Kier alpha value is -1.39. The van der Waals surface area contributed by atoms with E-state index >= 15 is 0 Å².